The molecule has 0 heterocycles. The molecule has 72 valence electrons. The lowest BCUT2D eigenvalue weighted by Crippen LogP contribution is -2.13. The molecule has 0 aromatic heterocycles. The van der Waals surface area contributed by atoms with E-state index < -0.39 is 17.5 Å². The van der Waals surface area contributed by atoms with Crippen molar-refractivity contribution in [1.82, 2.24) is 0 Å². The van der Waals surface area contributed by atoms with Crippen LogP contribution in [0.3, 0.4) is 0 Å². The molecule has 0 atom stereocenters. The van der Waals surface area contributed by atoms with Crippen LogP contribution < -0.4 is 4.47 Å². The molecule has 0 spiro atoms. The van der Waals surface area contributed by atoms with Crippen molar-refractivity contribution in [2.45, 2.75) is 5.51 Å². The largest absolute Gasteiger partial charge is 0.748 e. The van der Waals surface area contributed by atoms with Gasteiger partial charge in [0, 0.05) is 5.69 Å². The summed E-state index contributed by atoms with van der Waals surface area (Å²) in [5.74, 6) is 0. The number of para-hydroxylation sites is 1. The second kappa shape index (κ2) is 3.89. The van der Waals surface area contributed by atoms with Crippen LogP contribution in [0.4, 0.5) is 18.9 Å². The summed E-state index contributed by atoms with van der Waals surface area (Å²) >= 11 is -0.712. The molecule has 2 nitrogen and oxygen atoms in total. The zero-order valence-electron chi connectivity index (χ0n) is 6.28. The maximum Gasteiger partial charge on any atom is 0.460 e. The Kier molecular flexibility index (Phi) is 3.05. The van der Waals surface area contributed by atoms with Gasteiger partial charge in [-0.2, -0.15) is 13.2 Å². The van der Waals surface area contributed by atoms with Gasteiger partial charge in [0.05, 0.1) is 11.9 Å². The zero-order chi connectivity index (χ0) is 9.90. The van der Waals surface area contributed by atoms with Crippen LogP contribution in [0.25, 0.3) is 0 Å². The first kappa shape index (κ1) is 10.2. The minimum Gasteiger partial charge on any atom is -0.748 e. The number of hydrogen-bond acceptors (Lipinski definition) is 3. The van der Waals surface area contributed by atoms with Crippen LogP contribution in [0.5, 0.6) is 0 Å². The third-order valence-electron chi connectivity index (χ3n) is 1.15. The molecular weight excluding hydrogens is 203 g/mol. The predicted octanol–water partition coefficient (Wildman–Crippen LogP) is 3.16. The molecule has 0 radical (unpaired) electrons. The molecule has 0 amide bonds. The molecule has 6 heteroatoms. The lowest BCUT2D eigenvalue weighted by atomic mass is 10.3. The Balaban J connectivity index is 2.64. The van der Waals surface area contributed by atoms with Crippen molar-refractivity contribution in [2.75, 3.05) is 4.47 Å². The number of nitrogens with zero attached hydrogens (tertiary/aromatic N) is 1. The van der Waals surface area contributed by atoms with Crippen LogP contribution in [-0.4, -0.2) is 5.51 Å². The molecule has 0 saturated heterocycles. The fourth-order valence-corrected chi connectivity index (χ4v) is 1.11. The van der Waals surface area contributed by atoms with Gasteiger partial charge < -0.3 is 9.68 Å². The second-order valence-corrected chi connectivity index (χ2v) is 3.11. The van der Waals surface area contributed by atoms with Gasteiger partial charge in [0.1, 0.15) is 0 Å². The van der Waals surface area contributed by atoms with Crippen LogP contribution in [0.2, 0.25) is 0 Å². The zero-order valence-corrected chi connectivity index (χ0v) is 7.10. The first-order valence-electron chi connectivity index (χ1n) is 3.27. The smallest absolute Gasteiger partial charge is 0.460 e. The molecule has 0 aliphatic heterocycles. The number of rotatable bonds is 2. The molecule has 1 rings (SSSR count). The molecule has 1 aromatic rings. The Hall–Kier alpha value is -0.880. The molecule has 0 saturated carbocycles. The predicted molar refractivity (Wildman–Crippen MR) is 45.9 cm³/mol. The number of anilines is 1. The summed E-state index contributed by atoms with van der Waals surface area (Å²) in [6.45, 7) is 0. The SMILES string of the molecule is [O-]N(SC(F)(F)F)c1ccccc1. The molecule has 13 heavy (non-hydrogen) atoms. The van der Waals surface area contributed by atoms with Crippen LogP contribution in [0.1, 0.15) is 0 Å². The van der Waals surface area contributed by atoms with Gasteiger partial charge in [0.15, 0.2) is 0 Å². The van der Waals surface area contributed by atoms with Gasteiger partial charge in [-0.3, -0.25) is 0 Å². The average Bonchev–Trinajstić information content (AvgIpc) is 2.03. The monoisotopic (exact) mass is 208 g/mol. The van der Waals surface area contributed by atoms with Crippen LogP contribution in [-0.2, 0) is 0 Å². The highest BCUT2D eigenvalue weighted by Crippen LogP contribution is 2.35. The first-order valence-corrected chi connectivity index (χ1v) is 4.04. The Morgan fingerprint density at radius 1 is 1.15 bits per heavy atom. The first-order chi connectivity index (χ1) is 5.99. The summed E-state index contributed by atoms with van der Waals surface area (Å²) in [6.07, 6.45) is 0. The molecule has 0 N–H and O–H groups in total. The van der Waals surface area contributed by atoms with Gasteiger partial charge >= 0.3 is 5.51 Å². The molecule has 0 aliphatic rings. The van der Waals surface area contributed by atoms with Crippen molar-refractivity contribution in [3.05, 3.63) is 35.5 Å². The van der Waals surface area contributed by atoms with Gasteiger partial charge in [0.2, 0.25) is 0 Å². The van der Waals surface area contributed by atoms with E-state index in [1.54, 1.807) is 6.07 Å². The standard InChI is InChI=1S/C7H5F3NOS/c8-7(9,10)13-11(12)6-4-2-1-3-5-6/h1-5H/q-1. The molecule has 0 unspecified atom stereocenters. The Labute approximate surface area is 77.1 Å². The van der Waals surface area contributed by atoms with Crippen molar-refractivity contribution in [2.24, 2.45) is 0 Å². The van der Waals surface area contributed by atoms with E-state index in [0.29, 0.717) is 0 Å². The summed E-state index contributed by atoms with van der Waals surface area (Å²) in [7, 11) is 0. The van der Waals surface area contributed by atoms with Gasteiger partial charge in [-0.1, -0.05) is 18.2 Å². The highest BCUT2D eigenvalue weighted by Gasteiger charge is 2.29. The fourth-order valence-electron chi connectivity index (χ4n) is 0.696. The number of alkyl halides is 3. The molecule has 1 aromatic carbocycles. The van der Waals surface area contributed by atoms with Crippen LogP contribution >= 0.6 is 11.9 Å². The molecule has 0 aliphatic carbocycles. The normalized spacial score (nSPS) is 11.4. The number of halogens is 3. The number of benzene rings is 1. The summed E-state index contributed by atoms with van der Waals surface area (Å²) in [5.41, 5.74) is -4.57. The summed E-state index contributed by atoms with van der Waals surface area (Å²) in [6, 6.07) is 7.24. The van der Waals surface area contributed by atoms with E-state index in [-0.39, 0.29) is 10.2 Å². The molecule has 0 fully saturated rings. The summed E-state index contributed by atoms with van der Waals surface area (Å²) < 4.78 is 35.0. The van der Waals surface area contributed by atoms with E-state index in [2.05, 4.69) is 0 Å². The maximum absolute atomic E-state index is 11.7. The van der Waals surface area contributed by atoms with Crippen LogP contribution in [0, 0.1) is 5.21 Å². The Morgan fingerprint density at radius 2 is 1.69 bits per heavy atom. The topological polar surface area (TPSA) is 26.3 Å². The third kappa shape index (κ3) is 3.56. The van der Waals surface area contributed by atoms with Crippen molar-refractivity contribution >= 4 is 17.6 Å². The van der Waals surface area contributed by atoms with E-state index in [4.69, 9.17) is 0 Å². The highest BCUT2D eigenvalue weighted by atomic mass is 32.2. The van der Waals surface area contributed by atoms with E-state index in [0.717, 1.165) is 0 Å². The second-order valence-electron chi connectivity index (χ2n) is 2.13. The van der Waals surface area contributed by atoms with E-state index >= 15 is 0 Å². The lowest BCUT2D eigenvalue weighted by molar-refractivity contribution is -0.0328. The minimum absolute atomic E-state index is 0.0233. The van der Waals surface area contributed by atoms with Crippen molar-refractivity contribution in [3.63, 3.8) is 0 Å². The van der Waals surface area contributed by atoms with Gasteiger partial charge in [-0.25, -0.2) is 0 Å². The Morgan fingerprint density at radius 3 is 2.15 bits per heavy atom. The maximum atomic E-state index is 11.7. The molecule has 0 bridgehead atoms. The van der Waals surface area contributed by atoms with Crippen molar-refractivity contribution in [1.29, 1.82) is 0 Å². The van der Waals surface area contributed by atoms with Gasteiger partial charge in [0.25, 0.3) is 0 Å². The van der Waals surface area contributed by atoms with Crippen LogP contribution in [0.15, 0.2) is 30.3 Å². The highest BCUT2D eigenvalue weighted by molar-refractivity contribution is 8.01. The lowest BCUT2D eigenvalue weighted by Gasteiger charge is -2.28. The average molecular weight is 208 g/mol. The Bertz CT molecular complexity index is 264. The fraction of sp³-hybridized carbons (Fsp3) is 0.143. The number of hydrogen-bond donors (Lipinski definition) is 0. The van der Waals surface area contributed by atoms with Gasteiger partial charge in [-0.05, 0) is 12.1 Å². The van der Waals surface area contributed by atoms with E-state index in [1.807, 2.05) is 0 Å². The van der Waals surface area contributed by atoms with Crippen molar-refractivity contribution < 1.29 is 13.2 Å². The van der Waals surface area contributed by atoms with E-state index in [9.17, 15) is 18.4 Å². The third-order valence-corrected chi connectivity index (χ3v) is 1.74. The quantitative estimate of drug-likeness (QED) is 0.551. The van der Waals surface area contributed by atoms with Crippen molar-refractivity contribution in [3.8, 4) is 0 Å². The van der Waals surface area contributed by atoms with Gasteiger partial charge in [-0.15, -0.1) is 0 Å². The van der Waals surface area contributed by atoms with E-state index in [1.165, 1.54) is 24.3 Å². The minimum atomic E-state index is -4.54. The summed E-state index contributed by atoms with van der Waals surface area (Å²) in [4.78, 5) is 0. The summed E-state index contributed by atoms with van der Waals surface area (Å²) in [5, 5.41) is 10.8. The molecular formula is C7H5F3NOS-.